The average Bonchev–Trinajstić information content (AvgIpc) is 0.781. The summed E-state index contributed by atoms with van der Waals surface area (Å²) in [4.78, 5) is 0. The van der Waals surface area contributed by atoms with Crippen LogP contribution >= 0.6 is 0 Å². The second-order valence-corrected chi connectivity index (χ2v) is 22.0. The van der Waals surface area contributed by atoms with E-state index in [0.29, 0.717) is 71.2 Å². The fourth-order valence-corrected chi connectivity index (χ4v) is 9.87. The summed E-state index contributed by atoms with van der Waals surface area (Å²) in [6.45, 7) is 6.41. The molecule has 0 amide bonds. The number of rotatable bonds is 14. The minimum absolute atomic E-state index is 0.00171. The smallest absolute Gasteiger partial charge is 0.429 e. The molecule has 97 heavy (non-hydrogen) atoms. The van der Waals surface area contributed by atoms with Gasteiger partial charge < -0.3 is 18.9 Å². The third-order valence-electron chi connectivity index (χ3n) is 14.8. The fourth-order valence-electron chi connectivity index (χ4n) is 9.87. The number of hydrogen-bond donors (Lipinski definition) is 0. The molecule has 1 fully saturated rings. The highest BCUT2D eigenvalue weighted by Gasteiger charge is 2.44. The van der Waals surface area contributed by atoms with Crippen molar-refractivity contribution in [1.82, 2.24) is 0 Å². The van der Waals surface area contributed by atoms with Crippen LogP contribution in [0.15, 0.2) is 164 Å². The van der Waals surface area contributed by atoms with Crippen LogP contribution < -0.4 is 14.2 Å². The van der Waals surface area contributed by atoms with E-state index < -0.39 is 145 Å². The number of aryl methyl sites for hydroxylation is 2. The molecular weight excluding hydrogens is 1330 g/mol. The molecule has 10 aromatic rings. The lowest BCUT2D eigenvalue weighted by atomic mass is 9.94. The van der Waals surface area contributed by atoms with Crippen LogP contribution in [0.2, 0.25) is 0 Å². The van der Waals surface area contributed by atoms with Crippen LogP contribution in [0.1, 0.15) is 59.3 Å². The van der Waals surface area contributed by atoms with E-state index in [4.69, 9.17) is 4.74 Å². The Labute approximate surface area is 536 Å². The van der Waals surface area contributed by atoms with Gasteiger partial charge in [0.05, 0.1) is 6.10 Å². The minimum atomic E-state index is -4.74. The zero-order chi connectivity index (χ0) is 70.7. The maximum absolute atomic E-state index is 14.8. The van der Waals surface area contributed by atoms with Crippen LogP contribution in [-0.2, 0) is 23.1 Å². The van der Waals surface area contributed by atoms with Crippen molar-refractivity contribution >= 4 is 0 Å². The monoisotopic (exact) mass is 1380 g/mol. The minimum Gasteiger partial charge on any atom is -0.429 e. The molecule has 0 aliphatic carbocycles. The zero-order valence-corrected chi connectivity index (χ0v) is 49.8. The van der Waals surface area contributed by atoms with E-state index in [1.807, 2.05) is 19.1 Å². The molecule has 0 aromatic heterocycles. The Morgan fingerprint density at radius 3 is 0.887 bits per heavy atom. The first kappa shape index (κ1) is 71.3. The Hall–Kier alpha value is -9.98. The van der Waals surface area contributed by atoms with Gasteiger partial charge in [0.25, 0.3) is 0 Å². The first-order valence-corrected chi connectivity index (χ1v) is 28.4. The van der Waals surface area contributed by atoms with Gasteiger partial charge in [0.2, 0.25) is 0 Å². The van der Waals surface area contributed by atoms with E-state index in [0.717, 1.165) is 35.6 Å². The normalized spacial score (nSPS) is 14.1. The van der Waals surface area contributed by atoms with Gasteiger partial charge in [0.15, 0.2) is 52.4 Å². The summed E-state index contributed by atoms with van der Waals surface area (Å²) in [7, 11) is 0. The molecule has 2 unspecified atom stereocenters. The SMILES string of the molecule is CC1CCC(c2ccc(-c3cc(F)c(C(F)(F)Oc4cc(F)c(F)c(F)c4)c(F)c3)cc2)OC1.Cc1ccc(-c2cc(F)c(C(F)(F)Oc3cc(F)c(F)c(F)c3)c(F)c2)cc1.Cc1ccc(-c2ccc(-c3cc(F)c(C(F)(F)Oc4cc(F)c(F)c(F)c4)c(F)c3)c(F)c2)cc1. The Morgan fingerprint density at radius 2 is 0.588 bits per heavy atom. The van der Waals surface area contributed by atoms with Crippen LogP contribution in [0.25, 0.3) is 44.5 Å². The molecule has 506 valence electrons. The van der Waals surface area contributed by atoms with Crippen LogP contribution in [0, 0.1) is 113 Å². The van der Waals surface area contributed by atoms with Gasteiger partial charge in [-0.15, -0.1) is 0 Å². The first-order chi connectivity index (χ1) is 45.6. The molecule has 0 N–H and O–H groups in total. The van der Waals surface area contributed by atoms with Gasteiger partial charge in [-0.1, -0.05) is 103 Å². The standard InChI is InChI=1S/C26H14F8O.C25H19F7O2.C20H11F7O/c1-13-2-4-14(5-3-13)15-6-7-18(19(27)8-15)16-9-20(28)24(21(29)10-16)26(33,34)35-17-11-22(30)25(32)23(31)12-17;1-13-2-7-22(33-12-13)15-5-3-14(4-6-15)16-8-18(26)23(19(27)9-16)25(31,32)34-17-10-20(28)24(30)21(29)11-17;1-10-2-4-11(5-3-10)12-6-14(21)18(15(22)7-12)20(26,27)28-13-8-16(23)19(25)17(24)9-13/h2-12H,1H3;3-6,8-11,13,22H,2,7,12H2,1H3;2-9H,1H3. The second kappa shape index (κ2) is 28.8. The van der Waals surface area contributed by atoms with Crippen LogP contribution in [0.4, 0.5) is 96.6 Å². The molecular formula is C71H44F22O4. The first-order valence-electron chi connectivity index (χ1n) is 28.4. The molecule has 10 aromatic carbocycles. The highest BCUT2D eigenvalue weighted by Crippen LogP contribution is 2.43. The summed E-state index contributed by atoms with van der Waals surface area (Å²) < 4.78 is 325. The molecule has 0 spiro atoms. The largest absolute Gasteiger partial charge is 0.432 e. The van der Waals surface area contributed by atoms with Crippen molar-refractivity contribution in [2.75, 3.05) is 6.61 Å². The molecule has 1 saturated heterocycles. The van der Waals surface area contributed by atoms with E-state index in [-0.39, 0.29) is 64.8 Å². The van der Waals surface area contributed by atoms with Crippen molar-refractivity contribution in [3.05, 3.63) is 290 Å². The van der Waals surface area contributed by atoms with Gasteiger partial charge in [-0.3, -0.25) is 0 Å². The van der Waals surface area contributed by atoms with Gasteiger partial charge in [-0.2, -0.15) is 26.3 Å². The Morgan fingerprint density at radius 1 is 0.309 bits per heavy atom. The van der Waals surface area contributed by atoms with E-state index in [1.54, 1.807) is 67.6 Å². The molecule has 2 atom stereocenters. The predicted octanol–water partition coefficient (Wildman–Crippen LogP) is 22.4. The van der Waals surface area contributed by atoms with E-state index in [2.05, 4.69) is 21.1 Å². The molecule has 0 radical (unpaired) electrons. The van der Waals surface area contributed by atoms with E-state index in [1.165, 1.54) is 12.1 Å². The third kappa shape index (κ3) is 16.5. The second-order valence-electron chi connectivity index (χ2n) is 22.0. The van der Waals surface area contributed by atoms with E-state index in [9.17, 15) is 96.6 Å². The summed E-state index contributed by atoms with van der Waals surface area (Å²) in [6.07, 6.45) is -12.2. The van der Waals surface area contributed by atoms with Gasteiger partial charge in [-0.25, -0.2) is 70.2 Å². The molecule has 0 bridgehead atoms. The third-order valence-corrected chi connectivity index (χ3v) is 14.8. The van der Waals surface area contributed by atoms with Gasteiger partial charge in [0.1, 0.15) is 74.7 Å². The van der Waals surface area contributed by atoms with Crippen molar-refractivity contribution in [2.24, 2.45) is 5.92 Å². The quantitative estimate of drug-likeness (QED) is 0.0803. The maximum Gasteiger partial charge on any atom is 0.432 e. The molecule has 26 heteroatoms. The predicted molar refractivity (Wildman–Crippen MR) is 310 cm³/mol. The molecule has 0 saturated carbocycles. The van der Waals surface area contributed by atoms with Gasteiger partial charge >= 0.3 is 18.3 Å². The number of benzene rings is 10. The van der Waals surface area contributed by atoms with E-state index >= 15 is 0 Å². The topological polar surface area (TPSA) is 36.9 Å². The van der Waals surface area contributed by atoms with Crippen molar-refractivity contribution in [1.29, 1.82) is 0 Å². The molecule has 1 heterocycles. The number of alkyl halides is 6. The molecule has 11 rings (SSSR count). The number of hydrogen-bond acceptors (Lipinski definition) is 4. The van der Waals surface area contributed by atoms with Crippen LogP contribution in [0.5, 0.6) is 17.2 Å². The summed E-state index contributed by atoms with van der Waals surface area (Å²) in [5, 5.41) is 0. The zero-order valence-electron chi connectivity index (χ0n) is 49.8. The molecule has 4 nitrogen and oxygen atoms in total. The summed E-state index contributed by atoms with van der Waals surface area (Å²) in [5.74, 6) is -30.5. The number of ether oxygens (including phenoxy) is 4. The van der Waals surface area contributed by atoms with Crippen LogP contribution in [-0.4, -0.2) is 6.61 Å². The van der Waals surface area contributed by atoms with Crippen molar-refractivity contribution in [3.8, 4) is 61.8 Å². The summed E-state index contributed by atoms with van der Waals surface area (Å²) in [6, 6.07) is 28.7. The molecule has 1 aliphatic heterocycles. The van der Waals surface area contributed by atoms with Gasteiger partial charge in [0, 0.05) is 48.6 Å². The van der Waals surface area contributed by atoms with Gasteiger partial charge in [-0.05, 0) is 120 Å². The fraction of sp³-hybridized carbons (Fsp3) is 0.155. The summed E-state index contributed by atoms with van der Waals surface area (Å²) >= 11 is 0. The Kier molecular flexibility index (Phi) is 21.1. The lowest BCUT2D eigenvalue weighted by molar-refractivity contribution is -0.190. The highest BCUT2D eigenvalue weighted by atomic mass is 19.3. The molecule has 1 aliphatic rings. The summed E-state index contributed by atoms with van der Waals surface area (Å²) in [5.41, 5.74) is -1.25. The Balaban J connectivity index is 0.000000172. The maximum atomic E-state index is 14.8. The van der Waals surface area contributed by atoms with Crippen molar-refractivity contribution in [3.63, 3.8) is 0 Å². The van der Waals surface area contributed by atoms with Crippen molar-refractivity contribution in [2.45, 2.75) is 58.0 Å². The average molecular weight is 1380 g/mol. The van der Waals surface area contributed by atoms with Crippen molar-refractivity contribution < 1.29 is 116 Å². The Bertz CT molecular complexity index is 4400. The number of halogens is 22. The van der Waals surface area contributed by atoms with Crippen LogP contribution in [0.3, 0.4) is 0 Å². The lowest BCUT2D eigenvalue weighted by Crippen LogP contribution is -2.25. The highest BCUT2D eigenvalue weighted by molar-refractivity contribution is 5.72. The lowest BCUT2D eigenvalue weighted by Gasteiger charge is -2.27.